The Morgan fingerprint density at radius 3 is 2.64 bits per heavy atom. The minimum atomic E-state index is -3.48. The summed E-state index contributed by atoms with van der Waals surface area (Å²) in [5.41, 5.74) is 5.50. The van der Waals surface area contributed by atoms with E-state index in [0.717, 1.165) is 0 Å². The summed E-state index contributed by atoms with van der Waals surface area (Å²) in [6.45, 7) is 0. The average molecular weight is 241 g/mol. The van der Waals surface area contributed by atoms with Crippen LogP contribution in [0, 0.1) is 0 Å². The predicted octanol–water partition coefficient (Wildman–Crippen LogP) is 0.769. The Kier molecular flexibility index (Phi) is 6.44. The van der Waals surface area contributed by atoms with Crippen molar-refractivity contribution in [2.24, 2.45) is 5.73 Å². The fraction of sp³-hybridized carbons (Fsp3) is 0.857. The van der Waals surface area contributed by atoms with Gasteiger partial charge in [-0.15, -0.1) is 0 Å². The summed E-state index contributed by atoms with van der Waals surface area (Å²) in [7, 11) is -3.48. The fourth-order valence-electron chi connectivity index (χ4n) is 0.862. The molecule has 0 aliphatic rings. The number of hydrogen-bond acceptors (Lipinski definition) is 4. The summed E-state index contributed by atoms with van der Waals surface area (Å²) in [4.78, 5) is 19.6. The molecule has 84 valence electrons. The van der Waals surface area contributed by atoms with Gasteiger partial charge in [-0.05, 0) is 18.4 Å². The van der Waals surface area contributed by atoms with Crippen LogP contribution < -0.4 is 5.73 Å². The molecule has 0 fully saturated rings. The molecule has 0 amide bonds. The molecule has 0 aromatic carbocycles. The lowest BCUT2D eigenvalue weighted by atomic mass is 10.5. The van der Waals surface area contributed by atoms with Crippen molar-refractivity contribution < 1.29 is 19.4 Å². The summed E-state index contributed by atoms with van der Waals surface area (Å²) in [6, 6.07) is 0. The lowest BCUT2D eigenvalue weighted by Gasteiger charge is -2.17. The van der Waals surface area contributed by atoms with Crippen molar-refractivity contribution in [2.45, 2.75) is 18.6 Å². The van der Waals surface area contributed by atoms with Gasteiger partial charge in [-0.1, -0.05) is 0 Å². The second kappa shape index (κ2) is 6.45. The zero-order valence-electron chi connectivity index (χ0n) is 8.05. The molecule has 2 atom stereocenters. The number of carbonyl (C=O) groups is 1. The number of carboxylic acids is 1. The average Bonchev–Trinajstić information content (AvgIpc) is 2.11. The molecule has 0 saturated heterocycles. The second-order valence-corrected chi connectivity index (χ2v) is 6.58. The predicted molar refractivity (Wildman–Crippen MR) is 57.9 cm³/mol. The van der Waals surface area contributed by atoms with Crippen molar-refractivity contribution in [3.63, 3.8) is 0 Å². The summed E-state index contributed by atoms with van der Waals surface area (Å²) < 4.78 is 11.5. The Labute approximate surface area is 87.5 Å². The maximum absolute atomic E-state index is 11.5. The molecule has 0 aliphatic heterocycles. The molecule has 0 aliphatic carbocycles. The van der Waals surface area contributed by atoms with Crippen LogP contribution in [0.5, 0.6) is 0 Å². The van der Waals surface area contributed by atoms with Crippen molar-refractivity contribution in [3.8, 4) is 0 Å². The third-order valence-electron chi connectivity index (χ3n) is 1.78. The van der Waals surface area contributed by atoms with Gasteiger partial charge in [0.15, 0.2) is 0 Å². The minimum Gasteiger partial charge on any atom is -0.481 e. The molecular weight excluding hydrogens is 225 g/mol. The third kappa shape index (κ3) is 5.65. The number of hydrogen-bond donors (Lipinski definition) is 3. The first kappa shape index (κ1) is 14.0. The first-order valence-electron chi connectivity index (χ1n) is 4.18. The smallest absolute Gasteiger partial charge is 0.303 e. The van der Waals surface area contributed by atoms with E-state index < -0.39 is 19.1 Å². The molecule has 0 rings (SSSR count). The highest BCUT2D eigenvalue weighted by molar-refractivity contribution is 7.98. The number of carboxylic acid groups (broad SMARTS) is 1. The molecule has 0 heterocycles. The Morgan fingerprint density at radius 2 is 2.21 bits per heavy atom. The van der Waals surface area contributed by atoms with Crippen molar-refractivity contribution >= 4 is 25.1 Å². The van der Waals surface area contributed by atoms with Crippen LogP contribution in [-0.2, 0) is 9.36 Å². The van der Waals surface area contributed by atoms with Gasteiger partial charge < -0.3 is 15.7 Å². The van der Waals surface area contributed by atoms with Crippen molar-refractivity contribution in [3.05, 3.63) is 0 Å². The lowest BCUT2D eigenvalue weighted by Crippen LogP contribution is -2.23. The highest BCUT2D eigenvalue weighted by atomic mass is 32.2. The Hall–Kier alpha value is -0.0300. The molecule has 7 heteroatoms. The second-order valence-electron chi connectivity index (χ2n) is 2.97. The van der Waals surface area contributed by atoms with E-state index in [2.05, 4.69) is 0 Å². The number of thioether (sulfide) groups is 1. The molecule has 4 N–H and O–H groups in total. The Bertz CT molecular complexity index is 236. The van der Waals surface area contributed by atoms with E-state index in [1.807, 2.05) is 6.26 Å². The normalized spacial score (nSPS) is 17.4. The summed E-state index contributed by atoms with van der Waals surface area (Å²) in [6.07, 6.45) is 1.78. The Balaban J connectivity index is 4.02. The zero-order chi connectivity index (χ0) is 11.2. The molecule has 5 nitrogen and oxygen atoms in total. The number of rotatable bonds is 7. The molecule has 0 spiro atoms. The van der Waals surface area contributed by atoms with Crippen LogP contribution in [0.4, 0.5) is 0 Å². The van der Waals surface area contributed by atoms with E-state index in [1.54, 1.807) is 11.8 Å². The van der Waals surface area contributed by atoms with Crippen LogP contribution in [0.1, 0.15) is 12.8 Å². The van der Waals surface area contributed by atoms with E-state index >= 15 is 0 Å². The molecule has 2 unspecified atom stereocenters. The van der Waals surface area contributed by atoms with Gasteiger partial charge in [0.2, 0.25) is 7.37 Å². The van der Waals surface area contributed by atoms with Gasteiger partial charge in [0.05, 0.1) is 12.2 Å². The van der Waals surface area contributed by atoms with Crippen LogP contribution in [-0.4, -0.2) is 39.9 Å². The molecule has 0 bridgehead atoms. The van der Waals surface area contributed by atoms with Gasteiger partial charge in [0.25, 0.3) is 0 Å². The molecule has 0 radical (unpaired) electrons. The molecule has 0 aromatic rings. The van der Waals surface area contributed by atoms with E-state index in [0.29, 0.717) is 12.2 Å². The zero-order valence-corrected chi connectivity index (χ0v) is 9.76. The number of nitrogens with two attached hydrogens (primary N) is 1. The largest absolute Gasteiger partial charge is 0.481 e. The van der Waals surface area contributed by atoms with E-state index in [9.17, 15) is 14.3 Å². The SMILES string of the molecule is CSCCC(N)P(=O)(O)CCC(=O)O. The highest BCUT2D eigenvalue weighted by Crippen LogP contribution is 2.45. The third-order valence-corrected chi connectivity index (χ3v) is 4.58. The highest BCUT2D eigenvalue weighted by Gasteiger charge is 2.27. The van der Waals surface area contributed by atoms with Crippen LogP contribution in [0.15, 0.2) is 0 Å². The topological polar surface area (TPSA) is 101 Å². The van der Waals surface area contributed by atoms with Crippen LogP contribution >= 0.6 is 19.1 Å². The quantitative estimate of drug-likeness (QED) is 0.569. The molecule has 0 saturated carbocycles. The summed E-state index contributed by atoms with van der Waals surface area (Å²) in [5, 5.41) is 8.36. The van der Waals surface area contributed by atoms with E-state index in [-0.39, 0.29) is 12.6 Å². The first-order valence-corrected chi connectivity index (χ1v) is 7.48. The maximum Gasteiger partial charge on any atom is 0.303 e. The van der Waals surface area contributed by atoms with Crippen LogP contribution in [0.3, 0.4) is 0 Å². The van der Waals surface area contributed by atoms with Crippen LogP contribution in [0.2, 0.25) is 0 Å². The molecule has 0 aromatic heterocycles. The van der Waals surface area contributed by atoms with Gasteiger partial charge >= 0.3 is 5.97 Å². The number of aliphatic carboxylic acids is 1. The molecular formula is C7H16NO4PS. The summed E-state index contributed by atoms with van der Waals surface area (Å²) >= 11 is 1.54. The fourth-order valence-corrected chi connectivity index (χ4v) is 2.90. The molecule has 14 heavy (non-hydrogen) atoms. The maximum atomic E-state index is 11.5. The Morgan fingerprint density at radius 1 is 1.64 bits per heavy atom. The van der Waals surface area contributed by atoms with Crippen molar-refractivity contribution in [1.82, 2.24) is 0 Å². The van der Waals surface area contributed by atoms with Gasteiger partial charge in [0.1, 0.15) is 0 Å². The van der Waals surface area contributed by atoms with Crippen molar-refractivity contribution in [1.29, 1.82) is 0 Å². The van der Waals surface area contributed by atoms with E-state index in [4.69, 9.17) is 10.8 Å². The standard InChI is InChI=1S/C7H16NO4PS/c1-14-5-3-6(8)13(11,12)4-2-7(9)10/h6H,2-5,8H2,1H3,(H,9,10)(H,11,12). The van der Waals surface area contributed by atoms with Gasteiger partial charge in [-0.25, -0.2) is 0 Å². The van der Waals surface area contributed by atoms with Gasteiger partial charge in [0, 0.05) is 6.16 Å². The van der Waals surface area contributed by atoms with E-state index in [1.165, 1.54) is 0 Å². The summed E-state index contributed by atoms with van der Waals surface area (Å²) in [5.74, 6) is -1.16. The monoisotopic (exact) mass is 241 g/mol. The van der Waals surface area contributed by atoms with Gasteiger partial charge in [-0.2, -0.15) is 11.8 Å². The van der Waals surface area contributed by atoms with Crippen molar-refractivity contribution in [2.75, 3.05) is 18.2 Å². The first-order chi connectivity index (χ1) is 6.40. The van der Waals surface area contributed by atoms with Gasteiger partial charge in [-0.3, -0.25) is 9.36 Å². The lowest BCUT2D eigenvalue weighted by molar-refractivity contribution is -0.136. The van der Waals surface area contributed by atoms with Crippen LogP contribution in [0.25, 0.3) is 0 Å². The minimum absolute atomic E-state index is 0.238.